The van der Waals surface area contributed by atoms with Gasteiger partial charge >= 0.3 is 0 Å². The fraction of sp³-hybridized carbons (Fsp3) is 0.571. The molecule has 4 heteroatoms. The Morgan fingerprint density at radius 3 is 3.00 bits per heavy atom. The molecule has 1 aromatic carbocycles. The van der Waals surface area contributed by atoms with Gasteiger partial charge in [0.25, 0.3) is 0 Å². The lowest BCUT2D eigenvalue weighted by atomic mass is 9.95. The Bertz CT molecular complexity index is 395. The lowest BCUT2D eigenvalue weighted by Crippen LogP contribution is -2.35. The summed E-state index contributed by atoms with van der Waals surface area (Å²) in [4.78, 5) is 2.34. The van der Waals surface area contributed by atoms with Crippen molar-refractivity contribution in [3.05, 3.63) is 23.2 Å². The van der Waals surface area contributed by atoms with E-state index in [9.17, 15) is 0 Å². The van der Waals surface area contributed by atoms with Crippen LogP contribution in [0.3, 0.4) is 0 Å². The summed E-state index contributed by atoms with van der Waals surface area (Å²) in [5, 5.41) is 9.68. The fourth-order valence-corrected chi connectivity index (χ4v) is 2.82. The van der Waals surface area contributed by atoms with E-state index >= 15 is 0 Å². The molecular formula is C14H20ClNO2. The molecule has 1 saturated heterocycles. The Balaban J connectivity index is 2.08. The molecule has 1 atom stereocenters. The van der Waals surface area contributed by atoms with E-state index in [0.717, 1.165) is 25.2 Å². The Labute approximate surface area is 113 Å². The zero-order valence-corrected chi connectivity index (χ0v) is 11.5. The molecule has 1 N–H and O–H groups in total. The molecule has 1 aliphatic heterocycles. The number of hydrogen-bond acceptors (Lipinski definition) is 3. The molecule has 0 amide bonds. The summed E-state index contributed by atoms with van der Waals surface area (Å²) >= 11 is 6.15. The van der Waals surface area contributed by atoms with Crippen molar-refractivity contribution < 1.29 is 9.84 Å². The van der Waals surface area contributed by atoms with E-state index in [2.05, 4.69) is 4.90 Å². The minimum atomic E-state index is 0.280. The van der Waals surface area contributed by atoms with Gasteiger partial charge in [-0.15, -0.1) is 0 Å². The zero-order valence-electron chi connectivity index (χ0n) is 10.7. The summed E-state index contributed by atoms with van der Waals surface area (Å²) in [5.41, 5.74) is 1.14. The van der Waals surface area contributed by atoms with Crippen LogP contribution in [0.25, 0.3) is 0 Å². The van der Waals surface area contributed by atoms with Gasteiger partial charge in [-0.25, -0.2) is 0 Å². The molecule has 18 heavy (non-hydrogen) atoms. The van der Waals surface area contributed by atoms with E-state index in [4.69, 9.17) is 21.4 Å². The number of halogens is 1. The van der Waals surface area contributed by atoms with Crippen molar-refractivity contribution in [2.75, 3.05) is 31.7 Å². The first kappa shape index (κ1) is 13.5. The molecule has 1 fully saturated rings. The van der Waals surface area contributed by atoms with Crippen molar-refractivity contribution in [3.63, 3.8) is 0 Å². The van der Waals surface area contributed by atoms with Gasteiger partial charge in [-0.1, -0.05) is 11.6 Å². The van der Waals surface area contributed by atoms with Crippen molar-refractivity contribution in [3.8, 4) is 5.75 Å². The minimum Gasteiger partial charge on any atom is -0.495 e. The van der Waals surface area contributed by atoms with Crippen LogP contribution in [0.2, 0.25) is 5.02 Å². The van der Waals surface area contributed by atoms with Gasteiger partial charge in [0.1, 0.15) is 5.75 Å². The molecule has 0 aliphatic carbocycles. The third kappa shape index (κ3) is 3.09. The second-order valence-electron chi connectivity index (χ2n) is 4.79. The second-order valence-corrected chi connectivity index (χ2v) is 5.19. The highest BCUT2D eigenvalue weighted by Crippen LogP contribution is 2.31. The molecule has 0 aromatic heterocycles. The first-order valence-electron chi connectivity index (χ1n) is 6.44. The van der Waals surface area contributed by atoms with Gasteiger partial charge < -0.3 is 14.7 Å². The maximum absolute atomic E-state index is 9.03. The van der Waals surface area contributed by atoms with Gasteiger partial charge in [-0.3, -0.25) is 0 Å². The largest absolute Gasteiger partial charge is 0.495 e. The van der Waals surface area contributed by atoms with Crippen molar-refractivity contribution >= 4 is 17.3 Å². The van der Waals surface area contributed by atoms with E-state index in [0.29, 0.717) is 16.7 Å². The van der Waals surface area contributed by atoms with Gasteiger partial charge in [0.2, 0.25) is 0 Å². The number of piperidine rings is 1. The van der Waals surface area contributed by atoms with Crippen LogP contribution in [-0.4, -0.2) is 31.9 Å². The van der Waals surface area contributed by atoms with Gasteiger partial charge in [-0.2, -0.15) is 0 Å². The fourth-order valence-electron chi connectivity index (χ4n) is 2.57. The number of rotatable bonds is 4. The standard InChI is InChI=1S/C14H20ClNO2/c1-18-14-5-4-12(9-13(14)15)16-7-2-3-11(10-16)6-8-17/h4-5,9,11,17H,2-3,6-8,10H2,1H3. The Morgan fingerprint density at radius 2 is 2.33 bits per heavy atom. The van der Waals surface area contributed by atoms with Crippen LogP contribution < -0.4 is 9.64 Å². The quantitative estimate of drug-likeness (QED) is 0.912. The molecule has 1 heterocycles. The third-order valence-electron chi connectivity index (χ3n) is 3.56. The van der Waals surface area contributed by atoms with Crippen LogP contribution >= 0.6 is 11.6 Å². The van der Waals surface area contributed by atoms with Gasteiger partial charge in [0.15, 0.2) is 0 Å². The summed E-state index contributed by atoms with van der Waals surface area (Å²) in [5.74, 6) is 1.30. The summed E-state index contributed by atoms with van der Waals surface area (Å²) in [6.07, 6.45) is 3.27. The number of methoxy groups -OCH3 is 1. The number of aliphatic hydroxyl groups is 1. The zero-order chi connectivity index (χ0) is 13.0. The molecule has 0 bridgehead atoms. The number of hydrogen-bond donors (Lipinski definition) is 1. The van der Waals surface area contributed by atoms with Crippen LogP contribution in [0.4, 0.5) is 5.69 Å². The van der Waals surface area contributed by atoms with Crippen LogP contribution in [0.15, 0.2) is 18.2 Å². The van der Waals surface area contributed by atoms with E-state index in [1.165, 1.54) is 12.8 Å². The van der Waals surface area contributed by atoms with Crippen molar-refractivity contribution in [1.82, 2.24) is 0 Å². The van der Waals surface area contributed by atoms with Gasteiger partial charge in [0, 0.05) is 25.4 Å². The maximum atomic E-state index is 9.03. The molecule has 1 unspecified atom stereocenters. The maximum Gasteiger partial charge on any atom is 0.137 e. The van der Waals surface area contributed by atoms with Gasteiger partial charge in [0.05, 0.1) is 12.1 Å². The van der Waals surface area contributed by atoms with Crippen molar-refractivity contribution in [1.29, 1.82) is 0 Å². The number of ether oxygens (including phenoxy) is 1. The molecule has 0 radical (unpaired) electrons. The van der Waals surface area contributed by atoms with E-state index < -0.39 is 0 Å². The first-order valence-corrected chi connectivity index (χ1v) is 6.81. The lowest BCUT2D eigenvalue weighted by molar-refractivity contribution is 0.244. The highest BCUT2D eigenvalue weighted by Gasteiger charge is 2.20. The highest BCUT2D eigenvalue weighted by molar-refractivity contribution is 6.32. The van der Waals surface area contributed by atoms with Crippen molar-refractivity contribution in [2.45, 2.75) is 19.3 Å². The summed E-state index contributed by atoms with van der Waals surface area (Å²) in [6.45, 7) is 2.34. The minimum absolute atomic E-state index is 0.280. The van der Waals surface area contributed by atoms with E-state index in [1.807, 2.05) is 18.2 Å². The Kier molecular flexibility index (Phi) is 4.72. The van der Waals surface area contributed by atoms with Crippen LogP contribution in [0.5, 0.6) is 5.75 Å². The number of benzene rings is 1. The van der Waals surface area contributed by atoms with E-state index in [1.54, 1.807) is 7.11 Å². The predicted octanol–water partition coefficient (Wildman–Crippen LogP) is 2.95. The SMILES string of the molecule is COc1ccc(N2CCCC(CCO)C2)cc1Cl. The van der Waals surface area contributed by atoms with Crippen molar-refractivity contribution in [2.24, 2.45) is 5.92 Å². The first-order chi connectivity index (χ1) is 8.74. The topological polar surface area (TPSA) is 32.7 Å². The van der Waals surface area contributed by atoms with Gasteiger partial charge in [-0.05, 0) is 43.4 Å². The smallest absolute Gasteiger partial charge is 0.137 e. The highest BCUT2D eigenvalue weighted by atomic mass is 35.5. The summed E-state index contributed by atoms with van der Waals surface area (Å²) in [7, 11) is 1.62. The number of nitrogens with zero attached hydrogens (tertiary/aromatic N) is 1. The summed E-state index contributed by atoms with van der Waals surface area (Å²) < 4.78 is 5.16. The Morgan fingerprint density at radius 1 is 1.50 bits per heavy atom. The normalized spacial score (nSPS) is 19.9. The number of aliphatic hydroxyl groups excluding tert-OH is 1. The van der Waals surface area contributed by atoms with Crippen LogP contribution in [0, 0.1) is 5.92 Å². The molecule has 0 saturated carbocycles. The molecule has 2 rings (SSSR count). The summed E-state index contributed by atoms with van der Waals surface area (Å²) in [6, 6.07) is 5.92. The Hall–Kier alpha value is -0.930. The predicted molar refractivity (Wildman–Crippen MR) is 74.6 cm³/mol. The average Bonchev–Trinajstić information content (AvgIpc) is 2.39. The second kappa shape index (κ2) is 6.30. The van der Waals surface area contributed by atoms with Crippen LogP contribution in [0.1, 0.15) is 19.3 Å². The molecule has 1 aliphatic rings. The molecule has 0 spiro atoms. The molecular weight excluding hydrogens is 250 g/mol. The molecule has 100 valence electrons. The average molecular weight is 270 g/mol. The monoisotopic (exact) mass is 269 g/mol. The molecule has 3 nitrogen and oxygen atoms in total. The van der Waals surface area contributed by atoms with E-state index in [-0.39, 0.29) is 6.61 Å². The molecule has 1 aromatic rings. The third-order valence-corrected chi connectivity index (χ3v) is 3.85. The van der Waals surface area contributed by atoms with Crippen LogP contribution in [-0.2, 0) is 0 Å². The lowest BCUT2D eigenvalue weighted by Gasteiger charge is -2.34. The number of anilines is 1.